The van der Waals surface area contributed by atoms with Crippen molar-refractivity contribution in [2.24, 2.45) is 11.5 Å². The Balaban J connectivity index is 2.22. The first kappa shape index (κ1) is 12.5. The van der Waals surface area contributed by atoms with Gasteiger partial charge >= 0.3 is 5.97 Å². The molecule has 4 nitrogen and oxygen atoms in total. The summed E-state index contributed by atoms with van der Waals surface area (Å²) in [6.07, 6.45) is 0.230. The molecule has 0 heterocycles. The maximum atomic E-state index is 10.7. The molecule has 0 spiro atoms. The second-order valence-electron chi connectivity index (χ2n) is 4.39. The van der Waals surface area contributed by atoms with E-state index >= 15 is 0 Å². The van der Waals surface area contributed by atoms with Gasteiger partial charge in [-0.05, 0) is 28.8 Å². The minimum atomic E-state index is -1.02. The van der Waals surface area contributed by atoms with Gasteiger partial charge in [0.05, 0.1) is 0 Å². The third-order valence-electron chi connectivity index (χ3n) is 3.03. The summed E-state index contributed by atoms with van der Waals surface area (Å²) in [5.41, 5.74) is 12.4. The Morgan fingerprint density at radius 1 is 1.11 bits per heavy atom. The zero-order valence-electron chi connectivity index (χ0n) is 9.91. The fourth-order valence-corrected chi connectivity index (χ4v) is 1.95. The van der Waals surface area contributed by atoms with Gasteiger partial charge in [0.15, 0.2) is 0 Å². The lowest BCUT2D eigenvalue weighted by Gasteiger charge is -2.15. The highest BCUT2D eigenvalue weighted by Crippen LogP contribution is 2.21. The van der Waals surface area contributed by atoms with E-state index in [0.29, 0.717) is 0 Å². The fraction of sp³-hybridized carbons (Fsp3) is 0.214. The Kier molecular flexibility index (Phi) is 3.60. The van der Waals surface area contributed by atoms with Gasteiger partial charge in [-0.15, -0.1) is 0 Å². The molecule has 2 atom stereocenters. The van der Waals surface area contributed by atoms with Crippen LogP contribution in [0.5, 0.6) is 0 Å². The number of carboxylic acid groups (broad SMARTS) is 1. The van der Waals surface area contributed by atoms with Crippen molar-refractivity contribution < 1.29 is 9.90 Å². The zero-order chi connectivity index (χ0) is 13.1. The Morgan fingerprint density at radius 3 is 2.44 bits per heavy atom. The lowest BCUT2D eigenvalue weighted by atomic mass is 9.98. The van der Waals surface area contributed by atoms with Crippen molar-refractivity contribution in [3.63, 3.8) is 0 Å². The van der Waals surface area contributed by atoms with Gasteiger partial charge in [-0.2, -0.15) is 0 Å². The van der Waals surface area contributed by atoms with Crippen LogP contribution in [-0.4, -0.2) is 17.1 Å². The first-order valence-electron chi connectivity index (χ1n) is 5.80. The molecule has 0 saturated carbocycles. The van der Waals surface area contributed by atoms with Crippen LogP contribution >= 0.6 is 0 Å². The molecule has 0 saturated heterocycles. The minimum absolute atomic E-state index is 0.230. The summed E-state index contributed by atoms with van der Waals surface area (Å²) in [6, 6.07) is 12.6. The molecule has 2 unspecified atom stereocenters. The molecule has 0 aliphatic rings. The normalized spacial score (nSPS) is 14.3. The van der Waals surface area contributed by atoms with Crippen LogP contribution in [0.4, 0.5) is 0 Å². The number of fused-ring (bicyclic) bond motifs is 1. The number of carbonyl (C=O) groups is 1. The molecule has 0 aliphatic heterocycles. The largest absolute Gasteiger partial charge is 0.480 e. The number of rotatable bonds is 4. The molecule has 94 valence electrons. The van der Waals surface area contributed by atoms with Crippen LogP contribution in [-0.2, 0) is 4.79 Å². The van der Waals surface area contributed by atoms with Gasteiger partial charge in [0.2, 0.25) is 0 Å². The highest BCUT2D eigenvalue weighted by atomic mass is 16.4. The van der Waals surface area contributed by atoms with E-state index in [0.717, 1.165) is 16.3 Å². The van der Waals surface area contributed by atoms with Crippen molar-refractivity contribution in [3.05, 3.63) is 48.0 Å². The van der Waals surface area contributed by atoms with Crippen LogP contribution in [0, 0.1) is 0 Å². The van der Waals surface area contributed by atoms with Crippen LogP contribution in [0.2, 0.25) is 0 Å². The van der Waals surface area contributed by atoms with Crippen LogP contribution in [0.1, 0.15) is 18.0 Å². The summed E-state index contributed by atoms with van der Waals surface area (Å²) < 4.78 is 0. The highest BCUT2D eigenvalue weighted by molar-refractivity contribution is 5.83. The van der Waals surface area contributed by atoms with E-state index < -0.39 is 12.0 Å². The van der Waals surface area contributed by atoms with E-state index in [-0.39, 0.29) is 12.5 Å². The van der Waals surface area contributed by atoms with Gasteiger partial charge in [-0.1, -0.05) is 36.4 Å². The van der Waals surface area contributed by atoms with Crippen molar-refractivity contribution in [3.8, 4) is 0 Å². The van der Waals surface area contributed by atoms with E-state index in [1.807, 2.05) is 42.5 Å². The van der Waals surface area contributed by atoms with Gasteiger partial charge in [-0.3, -0.25) is 4.79 Å². The first-order valence-corrected chi connectivity index (χ1v) is 5.80. The van der Waals surface area contributed by atoms with Crippen molar-refractivity contribution in [1.29, 1.82) is 0 Å². The molecule has 18 heavy (non-hydrogen) atoms. The Labute approximate surface area is 105 Å². The number of hydrogen-bond acceptors (Lipinski definition) is 3. The summed E-state index contributed by atoms with van der Waals surface area (Å²) in [5.74, 6) is -1.02. The van der Waals surface area contributed by atoms with Gasteiger partial charge in [0, 0.05) is 6.04 Å². The molecule has 0 fully saturated rings. The first-order chi connectivity index (χ1) is 8.58. The van der Waals surface area contributed by atoms with Crippen molar-refractivity contribution in [1.82, 2.24) is 0 Å². The van der Waals surface area contributed by atoms with E-state index in [4.69, 9.17) is 16.6 Å². The quantitative estimate of drug-likeness (QED) is 0.762. The highest BCUT2D eigenvalue weighted by Gasteiger charge is 2.17. The summed E-state index contributed by atoms with van der Waals surface area (Å²) >= 11 is 0. The second kappa shape index (κ2) is 5.16. The van der Waals surface area contributed by atoms with Crippen molar-refractivity contribution in [2.45, 2.75) is 18.5 Å². The van der Waals surface area contributed by atoms with Crippen LogP contribution in [0.3, 0.4) is 0 Å². The van der Waals surface area contributed by atoms with Crippen molar-refractivity contribution >= 4 is 16.7 Å². The maximum absolute atomic E-state index is 10.7. The van der Waals surface area contributed by atoms with E-state index in [9.17, 15) is 4.79 Å². The van der Waals surface area contributed by atoms with Crippen LogP contribution in [0.15, 0.2) is 42.5 Å². The summed E-state index contributed by atoms with van der Waals surface area (Å²) in [6.45, 7) is 0. The number of nitrogens with two attached hydrogens (primary N) is 2. The monoisotopic (exact) mass is 244 g/mol. The van der Waals surface area contributed by atoms with E-state index in [2.05, 4.69) is 0 Å². The minimum Gasteiger partial charge on any atom is -0.480 e. The number of aliphatic carboxylic acids is 1. The molecule has 0 bridgehead atoms. The molecule has 2 aromatic rings. The van der Waals surface area contributed by atoms with E-state index in [1.165, 1.54) is 0 Å². The van der Waals surface area contributed by atoms with Crippen molar-refractivity contribution in [2.75, 3.05) is 0 Å². The van der Waals surface area contributed by atoms with Gasteiger partial charge in [0.1, 0.15) is 6.04 Å². The van der Waals surface area contributed by atoms with Gasteiger partial charge < -0.3 is 16.6 Å². The lowest BCUT2D eigenvalue weighted by Crippen LogP contribution is -2.33. The van der Waals surface area contributed by atoms with Crippen LogP contribution < -0.4 is 11.5 Å². The third-order valence-corrected chi connectivity index (χ3v) is 3.03. The zero-order valence-corrected chi connectivity index (χ0v) is 9.91. The Morgan fingerprint density at radius 2 is 1.78 bits per heavy atom. The predicted molar refractivity (Wildman–Crippen MR) is 71.1 cm³/mol. The fourth-order valence-electron chi connectivity index (χ4n) is 1.95. The number of hydrogen-bond donors (Lipinski definition) is 3. The SMILES string of the molecule is NC(CC(N)c1ccc2ccccc2c1)C(=O)O. The van der Waals surface area contributed by atoms with Gasteiger partial charge in [0.25, 0.3) is 0 Å². The molecule has 5 N–H and O–H groups in total. The average Bonchev–Trinajstić information content (AvgIpc) is 2.37. The lowest BCUT2D eigenvalue weighted by molar-refractivity contribution is -0.138. The predicted octanol–water partition coefficient (Wildman–Crippen LogP) is 1.64. The summed E-state index contributed by atoms with van der Waals surface area (Å²) in [5, 5.41) is 11.0. The molecule has 2 rings (SSSR count). The average molecular weight is 244 g/mol. The summed E-state index contributed by atoms with van der Waals surface area (Å²) in [7, 11) is 0. The standard InChI is InChI=1S/C14H16N2O2/c15-12(8-13(16)14(17)18)11-6-5-9-3-1-2-4-10(9)7-11/h1-7,12-13H,8,15-16H2,(H,17,18). The summed E-state index contributed by atoms with van der Waals surface area (Å²) in [4.78, 5) is 10.7. The number of benzene rings is 2. The topological polar surface area (TPSA) is 89.3 Å². The smallest absolute Gasteiger partial charge is 0.320 e. The van der Waals surface area contributed by atoms with Gasteiger partial charge in [-0.25, -0.2) is 0 Å². The number of carboxylic acids is 1. The molecule has 0 aromatic heterocycles. The molecule has 0 aliphatic carbocycles. The molecule has 0 radical (unpaired) electrons. The second-order valence-corrected chi connectivity index (χ2v) is 4.39. The molecular formula is C14H16N2O2. The van der Waals surface area contributed by atoms with E-state index in [1.54, 1.807) is 0 Å². The molecule has 4 heteroatoms. The third kappa shape index (κ3) is 2.67. The Hall–Kier alpha value is -1.91. The molecular weight excluding hydrogens is 228 g/mol. The molecule has 0 amide bonds. The Bertz CT molecular complexity index is 568. The maximum Gasteiger partial charge on any atom is 0.320 e. The van der Waals surface area contributed by atoms with Crippen LogP contribution in [0.25, 0.3) is 10.8 Å². The molecule has 2 aromatic carbocycles.